The molecule has 3 heterocycles. The van der Waals surface area contributed by atoms with Gasteiger partial charge in [0.2, 0.25) is 0 Å². The van der Waals surface area contributed by atoms with Crippen LogP contribution in [0.4, 0.5) is 11.5 Å². The topological polar surface area (TPSA) is 227 Å². The highest BCUT2D eigenvalue weighted by Crippen LogP contribution is 2.31. The quantitative estimate of drug-likeness (QED) is 0.143. The van der Waals surface area contributed by atoms with Crippen LogP contribution in [-0.2, 0) is 14.9 Å². The predicted octanol–water partition coefficient (Wildman–Crippen LogP) is -2.75. The first-order chi connectivity index (χ1) is 15.2. The molecule has 14 nitrogen and oxygen atoms in total. The number of hydrogen-bond donors (Lipinski definition) is 5. The van der Waals surface area contributed by atoms with Crippen LogP contribution in [0, 0.1) is 0 Å². The number of hydrogen-bond acceptors (Lipinski definition) is 11. The number of nitrogen functional groups attached to an aromatic ring is 2. The van der Waals surface area contributed by atoms with Crippen molar-refractivity contribution in [3.63, 3.8) is 0 Å². The average molecular weight is 463 g/mol. The van der Waals surface area contributed by atoms with Crippen LogP contribution in [0.2, 0.25) is 0 Å². The lowest BCUT2D eigenvalue weighted by atomic mass is 10.1. The largest absolute Gasteiger partial charge is 0.858 e. The van der Waals surface area contributed by atoms with Crippen molar-refractivity contribution < 1.29 is 28.5 Å². The second kappa shape index (κ2) is 8.29. The van der Waals surface area contributed by atoms with Crippen molar-refractivity contribution in [1.82, 2.24) is 24.2 Å². The maximum atomic E-state index is 12.2. The average Bonchev–Trinajstić information content (AvgIpc) is 3.29. The molecule has 0 aliphatic carbocycles. The molecule has 170 valence electrons. The van der Waals surface area contributed by atoms with Gasteiger partial charge in [0.1, 0.15) is 30.2 Å². The van der Waals surface area contributed by atoms with E-state index in [2.05, 4.69) is 24.1 Å². The van der Waals surface area contributed by atoms with E-state index in [9.17, 15) is 23.7 Å². The molecule has 0 radical (unpaired) electrons. The van der Waals surface area contributed by atoms with Crippen LogP contribution < -0.4 is 21.3 Å². The van der Waals surface area contributed by atoms with Crippen molar-refractivity contribution in [2.75, 3.05) is 18.0 Å². The summed E-state index contributed by atoms with van der Waals surface area (Å²) in [5.41, 5.74) is 11.9. The van der Waals surface area contributed by atoms with E-state index in [1.165, 1.54) is 35.4 Å². The van der Waals surface area contributed by atoms with Crippen LogP contribution in [0.15, 0.2) is 41.3 Å². The number of imidazole rings is 1. The Morgan fingerprint density at radius 2 is 1.97 bits per heavy atom. The first-order valence-electron chi connectivity index (χ1n) is 9.24. The summed E-state index contributed by atoms with van der Waals surface area (Å²) < 4.78 is 36.6. The summed E-state index contributed by atoms with van der Waals surface area (Å²) in [5, 5.41) is 32.9. The SMILES string of the molecule is Nc1ccccc1/C([O-])=N/S(=O)(=O)NC[C@H]1O[C@@H](n2cnc3c(N)ncnc32)[C@H](O)[C@@H]1O. The number of anilines is 2. The smallest absolute Gasteiger partial charge is 0.319 e. The van der Waals surface area contributed by atoms with Gasteiger partial charge in [-0.05, 0) is 6.07 Å². The number of ether oxygens (including phenoxy) is 1. The lowest BCUT2D eigenvalue weighted by molar-refractivity contribution is -0.212. The number of benzene rings is 1. The molecule has 2 aromatic heterocycles. The number of para-hydroxylation sites is 1. The highest BCUT2D eigenvalue weighted by molar-refractivity contribution is 7.88. The molecule has 0 saturated carbocycles. The van der Waals surface area contributed by atoms with Crippen molar-refractivity contribution >= 4 is 38.8 Å². The van der Waals surface area contributed by atoms with Crippen molar-refractivity contribution in [3.8, 4) is 0 Å². The van der Waals surface area contributed by atoms with E-state index in [0.29, 0.717) is 0 Å². The molecule has 1 aromatic carbocycles. The molecule has 0 amide bonds. The minimum atomic E-state index is -4.44. The van der Waals surface area contributed by atoms with E-state index in [0.717, 1.165) is 0 Å². The number of aliphatic hydroxyl groups excluding tert-OH is 2. The maximum absolute atomic E-state index is 12.2. The minimum Gasteiger partial charge on any atom is -0.858 e. The van der Waals surface area contributed by atoms with Crippen LogP contribution in [0.3, 0.4) is 0 Å². The molecular formula is C17H19N8O6S-. The number of nitrogens with one attached hydrogen (secondary N) is 1. The van der Waals surface area contributed by atoms with Gasteiger partial charge in [0.05, 0.1) is 6.33 Å². The normalized spacial score (nSPS) is 24.2. The van der Waals surface area contributed by atoms with Crippen molar-refractivity contribution in [1.29, 1.82) is 0 Å². The van der Waals surface area contributed by atoms with E-state index < -0.39 is 47.2 Å². The van der Waals surface area contributed by atoms with Gasteiger partial charge in [-0.1, -0.05) is 18.2 Å². The fourth-order valence-electron chi connectivity index (χ4n) is 3.25. The Balaban J connectivity index is 1.48. The second-order valence-corrected chi connectivity index (χ2v) is 8.36. The van der Waals surface area contributed by atoms with Gasteiger partial charge in [0.15, 0.2) is 17.7 Å². The molecule has 7 N–H and O–H groups in total. The van der Waals surface area contributed by atoms with Crippen LogP contribution in [-0.4, -0.2) is 68.9 Å². The molecule has 1 aliphatic heterocycles. The fourth-order valence-corrected chi connectivity index (χ4v) is 4.01. The number of fused-ring (bicyclic) bond motifs is 1. The number of rotatable bonds is 6. The Bertz CT molecular complexity index is 1280. The highest BCUT2D eigenvalue weighted by atomic mass is 32.2. The third-order valence-corrected chi connectivity index (χ3v) is 5.80. The number of nitrogens with zero attached hydrogens (tertiary/aromatic N) is 5. The van der Waals surface area contributed by atoms with E-state index >= 15 is 0 Å². The zero-order chi connectivity index (χ0) is 23.0. The first kappa shape index (κ1) is 21.8. The Hall–Kier alpha value is -3.37. The Morgan fingerprint density at radius 3 is 2.72 bits per heavy atom. The van der Waals surface area contributed by atoms with Gasteiger partial charge in [-0.3, -0.25) is 4.57 Å². The van der Waals surface area contributed by atoms with E-state index in [4.69, 9.17) is 16.2 Å². The molecule has 1 fully saturated rings. The van der Waals surface area contributed by atoms with E-state index in [1.54, 1.807) is 6.07 Å². The van der Waals surface area contributed by atoms with E-state index in [-0.39, 0.29) is 28.2 Å². The molecule has 3 aromatic rings. The molecule has 0 unspecified atom stereocenters. The van der Waals surface area contributed by atoms with Gasteiger partial charge < -0.3 is 31.5 Å². The summed E-state index contributed by atoms with van der Waals surface area (Å²) in [6.07, 6.45) is -2.66. The molecule has 1 saturated heterocycles. The monoisotopic (exact) mass is 463 g/mol. The summed E-state index contributed by atoms with van der Waals surface area (Å²) in [6.45, 7) is -0.470. The van der Waals surface area contributed by atoms with Gasteiger partial charge in [0, 0.05) is 23.7 Å². The second-order valence-electron chi connectivity index (χ2n) is 6.94. The third kappa shape index (κ3) is 4.06. The standard InChI is InChI=1S/C17H20N8O6S/c18-9-4-2-1-3-8(9)16(28)24-32(29,30)23-5-10-12(26)13(27)17(31-10)25-7-22-11-14(19)20-6-21-15(11)25/h1-4,6-7,10,12-13,17,23,26-27H,5,18H2,(H,24,28)(H2,19,20,21)/p-1/t10-,12-,13-,17-/m1/s1. The summed E-state index contributed by atoms with van der Waals surface area (Å²) >= 11 is 0. The third-order valence-electron chi connectivity index (χ3n) is 4.86. The molecule has 0 spiro atoms. The van der Waals surface area contributed by atoms with Crippen LogP contribution in [0.25, 0.3) is 11.2 Å². The lowest BCUT2D eigenvalue weighted by Crippen LogP contribution is -2.39. The zero-order valence-corrected chi connectivity index (χ0v) is 17.1. The van der Waals surface area contributed by atoms with Gasteiger partial charge >= 0.3 is 10.2 Å². The Morgan fingerprint density at radius 1 is 1.22 bits per heavy atom. The molecule has 0 bridgehead atoms. The van der Waals surface area contributed by atoms with Crippen LogP contribution >= 0.6 is 0 Å². The van der Waals surface area contributed by atoms with Crippen molar-refractivity contribution in [2.45, 2.75) is 24.5 Å². The van der Waals surface area contributed by atoms with Crippen LogP contribution in [0.5, 0.6) is 0 Å². The maximum Gasteiger partial charge on any atom is 0.319 e. The minimum absolute atomic E-state index is 0.0706. The predicted molar refractivity (Wildman–Crippen MR) is 110 cm³/mol. The van der Waals surface area contributed by atoms with Crippen molar-refractivity contribution in [2.24, 2.45) is 4.40 Å². The van der Waals surface area contributed by atoms with Gasteiger partial charge in [-0.15, -0.1) is 0 Å². The number of nitrogens with two attached hydrogens (primary N) is 2. The Kier molecular flexibility index (Phi) is 5.66. The van der Waals surface area contributed by atoms with E-state index in [1.807, 2.05) is 0 Å². The van der Waals surface area contributed by atoms with Crippen LogP contribution in [0.1, 0.15) is 11.8 Å². The summed E-state index contributed by atoms with van der Waals surface area (Å²) in [5.74, 6) is -0.931. The molecule has 4 atom stereocenters. The number of aromatic nitrogens is 4. The molecule has 4 rings (SSSR count). The summed E-state index contributed by atoms with van der Waals surface area (Å²) in [6, 6.07) is 5.88. The summed E-state index contributed by atoms with van der Waals surface area (Å²) in [7, 11) is -4.44. The zero-order valence-electron chi connectivity index (χ0n) is 16.3. The highest BCUT2D eigenvalue weighted by Gasteiger charge is 2.44. The molecule has 15 heteroatoms. The van der Waals surface area contributed by atoms with Gasteiger partial charge in [-0.25, -0.2) is 15.0 Å². The molecule has 1 aliphatic rings. The lowest BCUT2D eigenvalue weighted by Gasteiger charge is -2.16. The summed E-state index contributed by atoms with van der Waals surface area (Å²) in [4.78, 5) is 11.9. The molecule has 32 heavy (non-hydrogen) atoms. The van der Waals surface area contributed by atoms with Crippen molar-refractivity contribution in [3.05, 3.63) is 42.5 Å². The Labute approximate surface area is 181 Å². The van der Waals surface area contributed by atoms with Gasteiger partial charge in [0.25, 0.3) is 0 Å². The fraction of sp³-hybridized carbons (Fsp3) is 0.294. The van der Waals surface area contributed by atoms with Gasteiger partial charge in [-0.2, -0.15) is 17.5 Å². The first-order valence-corrected chi connectivity index (χ1v) is 10.7. The number of aliphatic hydroxyl groups is 2. The molecular weight excluding hydrogens is 444 g/mol.